The normalized spacial score (nSPS) is 10.2. The maximum atomic E-state index is 11.3. The van der Waals surface area contributed by atoms with E-state index < -0.39 is 5.97 Å². The molecule has 0 aromatic heterocycles. The number of rotatable bonds is 9. The molecular formula is C11H20N2O5. The number of aliphatic carboxylic acids is 1. The van der Waals surface area contributed by atoms with Crippen molar-refractivity contribution >= 4 is 17.8 Å². The standard InChI is InChI=1S/C11H20N2O5/c1-3-18-11(17)5-4-6-12-9(14)7-13(2)8-10(15)16/h3-8H2,1-2H3,(H,12,14)(H,15,16). The predicted molar refractivity (Wildman–Crippen MR) is 64.0 cm³/mol. The number of esters is 1. The first-order valence-corrected chi connectivity index (χ1v) is 5.78. The molecule has 7 heteroatoms. The summed E-state index contributed by atoms with van der Waals surface area (Å²) in [5.74, 6) is -1.52. The van der Waals surface area contributed by atoms with Crippen LogP contribution in [-0.4, -0.2) is 61.1 Å². The molecule has 0 fully saturated rings. The topological polar surface area (TPSA) is 95.9 Å². The third-order valence-corrected chi connectivity index (χ3v) is 2.00. The highest BCUT2D eigenvalue weighted by molar-refractivity contribution is 5.79. The lowest BCUT2D eigenvalue weighted by atomic mass is 10.3. The number of carboxylic acid groups (broad SMARTS) is 1. The molecule has 2 N–H and O–H groups in total. The van der Waals surface area contributed by atoms with Gasteiger partial charge in [0.05, 0.1) is 19.7 Å². The van der Waals surface area contributed by atoms with Gasteiger partial charge in [0.1, 0.15) is 0 Å². The molecule has 0 radical (unpaired) electrons. The Kier molecular flexibility index (Phi) is 8.55. The first kappa shape index (κ1) is 16.4. The molecular weight excluding hydrogens is 240 g/mol. The van der Waals surface area contributed by atoms with Crippen molar-refractivity contribution in [3.05, 3.63) is 0 Å². The number of hydrogen-bond donors (Lipinski definition) is 2. The second-order valence-corrected chi connectivity index (χ2v) is 3.82. The molecule has 0 saturated carbocycles. The molecule has 1 amide bonds. The van der Waals surface area contributed by atoms with Crippen LogP contribution in [0.1, 0.15) is 19.8 Å². The van der Waals surface area contributed by atoms with E-state index >= 15 is 0 Å². The zero-order valence-electron chi connectivity index (χ0n) is 10.8. The number of amides is 1. The van der Waals surface area contributed by atoms with Gasteiger partial charge in [-0.25, -0.2) is 0 Å². The zero-order valence-corrected chi connectivity index (χ0v) is 10.8. The summed E-state index contributed by atoms with van der Waals surface area (Å²) in [5, 5.41) is 11.1. The van der Waals surface area contributed by atoms with Gasteiger partial charge in [-0.2, -0.15) is 0 Å². The average molecular weight is 260 g/mol. The summed E-state index contributed by atoms with van der Waals surface area (Å²) >= 11 is 0. The van der Waals surface area contributed by atoms with Crippen LogP contribution in [0.25, 0.3) is 0 Å². The van der Waals surface area contributed by atoms with Crippen LogP contribution < -0.4 is 5.32 Å². The third-order valence-electron chi connectivity index (χ3n) is 2.00. The van der Waals surface area contributed by atoms with Gasteiger partial charge >= 0.3 is 11.9 Å². The Morgan fingerprint density at radius 3 is 2.50 bits per heavy atom. The van der Waals surface area contributed by atoms with Crippen LogP contribution in [0.3, 0.4) is 0 Å². The van der Waals surface area contributed by atoms with Crippen LogP contribution in [0.2, 0.25) is 0 Å². The fraction of sp³-hybridized carbons (Fsp3) is 0.727. The van der Waals surface area contributed by atoms with E-state index in [2.05, 4.69) is 5.32 Å². The molecule has 0 aromatic carbocycles. The minimum Gasteiger partial charge on any atom is -0.480 e. The summed E-state index contributed by atoms with van der Waals surface area (Å²) in [6.07, 6.45) is 0.770. The van der Waals surface area contributed by atoms with Crippen molar-refractivity contribution in [2.45, 2.75) is 19.8 Å². The molecule has 18 heavy (non-hydrogen) atoms. The van der Waals surface area contributed by atoms with Crippen LogP contribution in [-0.2, 0) is 19.1 Å². The number of carbonyl (C=O) groups excluding carboxylic acids is 2. The maximum Gasteiger partial charge on any atom is 0.317 e. The summed E-state index contributed by atoms with van der Waals surface area (Å²) in [6, 6.07) is 0. The summed E-state index contributed by atoms with van der Waals surface area (Å²) < 4.78 is 4.73. The van der Waals surface area contributed by atoms with E-state index in [1.54, 1.807) is 14.0 Å². The van der Waals surface area contributed by atoms with Crippen LogP contribution in [0, 0.1) is 0 Å². The first-order chi connectivity index (χ1) is 8.45. The quantitative estimate of drug-likeness (QED) is 0.427. The Morgan fingerprint density at radius 2 is 1.94 bits per heavy atom. The van der Waals surface area contributed by atoms with E-state index in [1.165, 1.54) is 4.90 Å². The van der Waals surface area contributed by atoms with Crippen LogP contribution in [0.15, 0.2) is 0 Å². The second-order valence-electron chi connectivity index (χ2n) is 3.82. The van der Waals surface area contributed by atoms with Gasteiger partial charge in [0.15, 0.2) is 0 Å². The highest BCUT2D eigenvalue weighted by Gasteiger charge is 2.09. The van der Waals surface area contributed by atoms with Crippen molar-refractivity contribution < 1.29 is 24.2 Å². The van der Waals surface area contributed by atoms with E-state index in [1.807, 2.05) is 0 Å². The molecule has 0 aromatic rings. The largest absolute Gasteiger partial charge is 0.480 e. The van der Waals surface area contributed by atoms with Crippen molar-refractivity contribution in [2.24, 2.45) is 0 Å². The molecule has 0 aliphatic heterocycles. The van der Waals surface area contributed by atoms with Crippen LogP contribution >= 0.6 is 0 Å². The molecule has 0 aliphatic rings. The van der Waals surface area contributed by atoms with Crippen LogP contribution in [0.4, 0.5) is 0 Å². The molecule has 0 atom stereocenters. The van der Waals surface area contributed by atoms with Crippen molar-refractivity contribution in [3.8, 4) is 0 Å². The number of nitrogens with zero attached hydrogens (tertiary/aromatic N) is 1. The molecule has 0 rings (SSSR count). The summed E-state index contributed by atoms with van der Waals surface area (Å²) in [5.41, 5.74) is 0. The Labute approximate surface area is 106 Å². The average Bonchev–Trinajstić information content (AvgIpc) is 2.23. The van der Waals surface area contributed by atoms with E-state index in [0.29, 0.717) is 19.6 Å². The molecule has 0 spiro atoms. The highest BCUT2D eigenvalue weighted by atomic mass is 16.5. The van der Waals surface area contributed by atoms with Gasteiger partial charge < -0.3 is 15.2 Å². The summed E-state index contributed by atoms with van der Waals surface area (Å²) in [6.45, 7) is 2.30. The summed E-state index contributed by atoms with van der Waals surface area (Å²) in [4.78, 5) is 34.1. The number of carbonyl (C=O) groups is 3. The minimum absolute atomic E-state index is 0.0196. The lowest BCUT2D eigenvalue weighted by Gasteiger charge is -2.13. The zero-order chi connectivity index (χ0) is 14.0. The second kappa shape index (κ2) is 9.41. The van der Waals surface area contributed by atoms with E-state index in [4.69, 9.17) is 9.84 Å². The highest BCUT2D eigenvalue weighted by Crippen LogP contribution is 1.91. The molecule has 104 valence electrons. The van der Waals surface area contributed by atoms with Crippen molar-refractivity contribution in [1.29, 1.82) is 0 Å². The van der Waals surface area contributed by atoms with Gasteiger partial charge in [-0.3, -0.25) is 19.3 Å². The fourth-order valence-electron chi connectivity index (χ4n) is 1.28. The number of ether oxygens (including phenoxy) is 1. The van der Waals surface area contributed by atoms with Crippen molar-refractivity contribution in [2.75, 3.05) is 33.3 Å². The van der Waals surface area contributed by atoms with Gasteiger partial charge in [0.25, 0.3) is 0 Å². The molecule has 0 aliphatic carbocycles. The monoisotopic (exact) mass is 260 g/mol. The molecule has 0 heterocycles. The molecule has 0 unspecified atom stereocenters. The lowest BCUT2D eigenvalue weighted by Crippen LogP contribution is -2.37. The summed E-state index contributed by atoms with van der Waals surface area (Å²) in [7, 11) is 1.55. The van der Waals surface area contributed by atoms with Gasteiger partial charge in [-0.05, 0) is 20.4 Å². The lowest BCUT2D eigenvalue weighted by molar-refractivity contribution is -0.143. The minimum atomic E-state index is -0.979. The number of likely N-dealkylation sites (N-methyl/N-ethyl adjacent to an activating group) is 1. The van der Waals surface area contributed by atoms with Crippen LogP contribution in [0.5, 0.6) is 0 Å². The van der Waals surface area contributed by atoms with E-state index in [-0.39, 0.29) is 31.4 Å². The smallest absolute Gasteiger partial charge is 0.317 e. The predicted octanol–water partition coefficient (Wildman–Crippen LogP) is -0.538. The molecule has 0 saturated heterocycles. The number of nitrogens with one attached hydrogen (secondary N) is 1. The van der Waals surface area contributed by atoms with Gasteiger partial charge in [-0.1, -0.05) is 0 Å². The van der Waals surface area contributed by atoms with E-state index in [0.717, 1.165) is 0 Å². The molecule has 0 bridgehead atoms. The Hall–Kier alpha value is -1.63. The Bertz CT molecular complexity index is 293. The molecule has 7 nitrogen and oxygen atoms in total. The third kappa shape index (κ3) is 9.59. The van der Waals surface area contributed by atoms with Gasteiger partial charge in [-0.15, -0.1) is 0 Å². The maximum absolute atomic E-state index is 11.3. The fourth-order valence-corrected chi connectivity index (χ4v) is 1.28. The van der Waals surface area contributed by atoms with Crippen molar-refractivity contribution in [1.82, 2.24) is 10.2 Å². The Morgan fingerprint density at radius 1 is 1.28 bits per heavy atom. The SMILES string of the molecule is CCOC(=O)CCCNC(=O)CN(C)CC(=O)O. The first-order valence-electron chi connectivity index (χ1n) is 5.78. The Balaban J connectivity index is 3.59. The van der Waals surface area contributed by atoms with Crippen molar-refractivity contribution in [3.63, 3.8) is 0 Å². The number of carboxylic acids is 1. The van der Waals surface area contributed by atoms with Gasteiger partial charge in [0.2, 0.25) is 5.91 Å². The number of hydrogen-bond acceptors (Lipinski definition) is 5. The van der Waals surface area contributed by atoms with Gasteiger partial charge in [0, 0.05) is 13.0 Å². The van der Waals surface area contributed by atoms with E-state index in [9.17, 15) is 14.4 Å².